The molecule has 2 rings (SSSR count). The minimum Gasteiger partial charge on any atom is -0.389 e. The summed E-state index contributed by atoms with van der Waals surface area (Å²) < 4.78 is 26.4. The molecule has 132 valence electrons. The Kier molecular flexibility index (Phi) is 5.81. The number of aliphatic hydroxyl groups excluding tert-OH is 1. The molecule has 0 aliphatic carbocycles. The van der Waals surface area contributed by atoms with Gasteiger partial charge in [-0.2, -0.15) is 0 Å². The quantitative estimate of drug-likeness (QED) is 0.655. The Bertz CT molecular complexity index is 670. The van der Waals surface area contributed by atoms with Crippen LogP contribution in [0.4, 0.5) is 13.9 Å². The summed E-state index contributed by atoms with van der Waals surface area (Å²) in [5, 5.41) is 31.3. The lowest BCUT2D eigenvalue weighted by Crippen LogP contribution is -2.45. The van der Waals surface area contributed by atoms with Crippen LogP contribution in [0.5, 0.6) is 0 Å². The standard InChI is InChI=1S/C15H20F2N4O2S/c1-15(2,23)8-21(3)14(22)18-13-20-19-12(24-13)6-9-4-10(16)7-11(17)5-9/h4-5,7,14,22-23H,6,8H2,1-3H3,(H,18,20). The van der Waals surface area contributed by atoms with E-state index in [1.165, 1.54) is 28.4 Å². The number of hydrogen-bond acceptors (Lipinski definition) is 7. The van der Waals surface area contributed by atoms with Gasteiger partial charge in [-0.3, -0.25) is 4.90 Å². The van der Waals surface area contributed by atoms with E-state index in [-0.39, 0.29) is 13.0 Å². The van der Waals surface area contributed by atoms with Crippen LogP contribution in [-0.2, 0) is 6.42 Å². The Morgan fingerprint density at radius 2 is 1.88 bits per heavy atom. The molecule has 24 heavy (non-hydrogen) atoms. The highest BCUT2D eigenvalue weighted by Crippen LogP contribution is 2.20. The average molecular weight is 358 g/mol. The van der Waals surface area contributed by atoms with Crippen molar-refractivity contribution in [2.45, 2.75) is 32.2 Å². The number of aromatic nitrogens is 2. The molecule has 1 heterocycles. The van der Waals surface area contributed by atoms with Crippen molar-refractivity contribution in [1.82, 2.24) is 15.1 Å². The van der Waals surface area contributed by atoms with Crippen molar-refractivity contribution >= 4 is 16.5 Å². The van der Waals surface area contributed by atoms with Gasteiger partial charge in [0.2, 0.25) is 5.13 Å². The summed E-state index contributed by atoms with van der Waals surface area (Å²) in [5.74, 6) is -1.28. The molecular weight excluding hydrogens is 338 g/mol. The van der Waals surface area contributed by atoms with Gasteiger partial charge < -0.3 is 15.5 Å². The number of anilines is 1. The Hall–Kier alpha value is -1.68. The molecule has 0 aliphatic rings. The van der Waals surface area contributed by atoms with Crippen LogP contribution in [0.15, 0.2) is 18.2 Å². The Morgan fingerprint density at radius 3 is 2.46 bits per heavy atom. The number of benzene rings is 1. The molecule has 2 aromatic rings. The minimum absolute atomic E-state index is 0.240. The third-order valence-electron chi connectivity index (χ3n) is 3.05. The highest BCUT2D eigenvalue weighted by molar-refractivity contribution is 7.15. The summed E-state index contributed by atoms with van der Waals surface area (Å²) in [6.07, 6.45) is -0.812. The fourth-order valence-corrected chi connectivity index (χ4v) is 2.98. The normalized spacial score (nSPS) is 13.3. The van der Waals surface area contributed by atoms with Gasteiger partial charge in [0.15, 0.2) is 6.35 Å². The maximum Gasteiger partial charge on any atom is 0.208 e. The molecule has 1 atom stereocenters. The number of halogens is 2. The van der Waals surface area contributed by atoms with Crippen molar-refractivity contribution in [3.63, 3.8) is 0 Å². The predicted octanol–water partition coefficient (Wildman–Crippen LogP) is 1.80. The van der Waals surface area contributed by atoms with Gasteiger partial charge in [-0.15, -0.1) is 10.2 Å². The summed E-state index contributed by atoms with van der Waals surface area (Å²) in [4.78, 5) is 1.52. The highest BCUT2D eigenvalue weighted by Gasteiger charge is 2.21. The number of likely N-dealkylation sites (N-methyl/N-ethyl adjacent to an activating group) is 1. The van der Waals surface area contributed by atoms with Gasteiger partial charge in [0.25, 0.3) is 0 Å². The second kappa shape index (κ2) is 7.47. The Labute approximate surface area is 142 Å². The van der Waals surface area contributed by atoms with Crippen molar-refractivity contribution < 1.29 is 19.0 Å². The van der Waals surface area contributed by atoms with Gasteiger partial charge in [0.1, 0.15) is 16.6 Å². The topological polar surface area (TPSA) is 81.5 Å². The molecular formula is C15H20F2N4O2S. The number of aliphatic hydroxyl groups is 2. The largest absolute Gasteiger partial charge is 0.389 e. The van der Waals surface area contributed by atoms with Crippen molar-refractivity contribution in [3.05, 3.63) is 40.4 Å². The van der Waals surface area contributed by atoms with Crippen LogP contribution in [0.25, 0.3) is 0 Å². The Morgan fingerprint density at radius 1 is 1.25 bits per heavy atom. The zero-order valence-electron chi connectivity index (χ0n) is 13.6. The van der Waals surface area contributed by atoms with Crippen molar-refractivity contribution in [2.24, 2.45) is 0 Å². The van der Waals surface area contributed by atoms with E-state index >= 15 is 0 Å². The van der Waals surface area contributed by atoms with Gasteiger partial charge in [-0.05, 0) is 38.6 Å². The van der Waals surface area contributed by atoms with Gasteiger partial charge in [0, 0.05) is 19.0 Å². The lowest BCUT2D eigenvalue weighted by Gasteiger charge is -2.29. The van der Waals surface area contributed by atoms with Crippen LogP contribution >= 0.6 is 11.3 Å². The third kappa shape index (κ3) is 5.75. The zero-order valence-corrected chi connectivity index (χ0v) is 14.4. The number of nitrogens with zero attached hydrogens (tertiary/aromatic N) is 3. The maximum absolute atomic E-state index is 13.2. The van der Waals surface area contributed by atoms with Gasteiger partial charge >= 0.3 is 0 Å². The molecule has 0 amide bonds. The Balaban J connectivity index is 1.97. The zero-order chi connectivity index (χ0) is 17.9. The first-order valence-electron chi connectivity index (χ1n) is 7.27. The fraction of sp³-hybridized carbons (Fsp3) is 0.467. The predicted molar refractivity (Wildman–Crippen MR) is 87.6 cm³/mol. The smallest absolute Gasteiger partial charge is 0.208 e. The average Bonchev–Trinajstić information content (AvgIpc) is 2.82. The van der Waals surface area contributed by atoms with Gasteiger partial charge in [0.05, 0.1) is 5.60 Å². The molecule has 1 unspecified atom stereocenters. The van der Waals surface area contributed by atoms with Crippen LogP contribution in [0.3, 0.4) is 0 Å². The SMILES string of the molecule is CN(CC(C)(C)O)C(O)Nc1nnc(Cc2cc(F)cc(F)c2)s1. The van der Waals surface area contributed by atoms with Crippen LogP contribution in [-0.4, -0.2) is 50.9 Å². The molecule has 0 aliphatic heterocycles. The molecule has 0 bridgehead atoms. The van der Waals surface area contributed by atoms with E-state index < -0.39 is 23.6 Å². The van der Waals surface area contributed by atoms with Gasteiger partial charge in [-0.1, -0.05) is 11.3 Å². The molecule has 6 nitrogen and oxygen atoms in total. The highest BCUT2D eigenvalue weighted by atomic mass is 32.1. The molecule has 1 aromatic carbocycles. The summed E-state index contributed by atoms with van der Waals surface area (Å²) in [6.45, 7) is 3.52. The fourth-order valence-electron chi connectivity index (χ4n) is 2.19. The third-order valence-corrected chi connectivity index (χ3v) is 3.91. The summed E-state index contributed by atoms with van der Waals surface area (Å²) in [6, 6.07) is 3.29. The molecule has 0 saturated carbocycles. The minimum atomic E-state index is -1.05. The van der Waals surface area contributed by atoms with E-state index in [0.717, 1.165) is 6.07 Å². The lowest BCUT2D eigenvalue weighted by atomic mass is 10.1. The number of hydrogen-bond donors (Lipinski definition) is 3. The maximum atomic E-state index is 13.2. The van der Waals surface area contributed by atoms with Crippen molar-refractivity contribution in [3.8, 4) is 0 Å². The molecule has 1 aromatic heterocycles. The second-order valence-corrected chi connectivity index (χ2v) is 7.26. The van der Waals surface area contributed by atoms with E-state index in [1.54, 1.807) is 20.9 Å². The van der Waals surface area contributed by atoms with Crippen LogP contribution < -0.4 is 5.32 Å². The van der Waals surface area contributed by atoms with E-state index in [9.17, 15) is 19.0 Å². The van der Waals surface area contributed by atoms with E-state index in [0.29, 0.717) is 15.7 Å². The molecule has 9 heteroatoms. The molecule has 0 saturated heterocycles. The van der Waals surface area contributed by atoms with Crippen LogP contribution in [0.1, 0.15) is 24.4 Å². The van der Waals surface area contributed by atoms with Crippen molar-refractivity contribution in [2.75, 3.05) is 18.9 Å². The molecule has 3 N–H and O–H groups in total. The molecule has 0 spiro atoms. The first-order valence-corrected chi connectivity index (χ1v) is 8.08. The molecule has 0 fully saturated rings. The van der Waals surface area contributed by atoms with Gasteiger partial charge in [-0.25, -0.2) is 8.78 Å². The monoisotopic (exact) mass is 358 g/mol. The van der Waals surface area contributed by atoms with E-state index in [2.05, 4.69) is 15.5 Å². The number of rotatable bonds is 7. The van der Waals surface area contributed by atoms with Crippen LogP contribution in [0, 0.1) is 11.6 Å². The van der Waals surface area contributed by atoms with E-state index in [4.69, 9.17) is 0 Å². The first kappa shape index (κ1) is 18.7. The van der Waals surface area contributed by atoms with Crippen molar-refractivity contribution in [1.29, 1.82) is 0 Å². The molecule has 0 radical (unpaired) electrons. The first-order chi connectivity index (χ1) is 11.1. The summed E-state index contributed by atoms with van der Waals surface area (Å²) in [7, 11) is 1.65. The summed E-state index contributed by atoms with van der Waals surface area (Å²) >= 11 is 1.18. The summed E-state index contributed by atoms with van der Waals surface area (Å²) in [5.41, 5.74) is -0.500. The second-order valence-electron chi connectivity index (χ2n) is 6.20. The van der Waals surface area contributed by atoms with Crippen LogP contribution in [0.2, 0.25) is 0 Å². The van der Waals surface area contributed by atoms with E-state index in [1.807, 2.05) is 0 Å². The number of nitrogens with one attached hydrogen (secondary N) is 1. The lowest BCUT2D eigenvalue weighted by molar-refractivity contribution is -0.0209.